The predicted octanol–water partition coefficient (Wildman–Crippen LogP) is 2.96. The van der Waals surface area contributed by atoms with Gasteiger partial charge in [-0.15, -0.1) is 0 Å². The molecule has 0 atom stereocenters. The summed E-state index contributed by atoms with van der Waals surface area (Å²) >= 11 is 0. The van der Waals surface area contributed by atoms with Crippen molar-refractivity contribution in [2.45, 2.75) is 13.1 Å². The van der Waals surface area contributed by atoms with Crippen LogP contribution in [0.15, 0.2) is 24.4 Å². The molecule has 1 aromatic heterocycles. The number of benzene rings is 1. The molecule has 2 nitrogen and oxygen atoms in total. The van der Waals surface area contributed by atoms with Crippen LogP contribution in [-0.2, 0) is 6.18 Å². The molecular formula is C10H7F3N2. The predicted molar refractivity (Wildman–Crippen MR) is 49.3 cm³/mol. The Hall–Kier alpha value is -1.65. The zero-order valence-corrected chi connectivity index (χ0v) is 7.84. The summed E-state index contributed by atoms with van der Waals surface area (Å²) in [5, 5.41) is 0. The summed E-state index contributed by atoms with van der Waals surface area (Å²) in [6.45, 7) is 1.61. The topological polar surface area (TPSA) is 25.8 Å². The lowest BCUT2D eigenvalue weighted by Crippen LogP contribution is -2.07. The van der Waals surface area contributed by atoms with Gasteiger partial charge in [-0.2, -0.15) is 13.2 Å². The molecule has 0 N–H and O–H groups in total. The van der Waals surface area contributed by atoms with Crippen molar-refractivity contribution >= 4 is 11.0 Å². The molecular weight excluding hydrogens is 205 g/mol. The summed E-state index contributed by atoms with van der Waals surface area (Å²) in [7, 11) is 0. The number of alkyl halides is 3. The summed E-state index contributed by atoms with van der Waals surface area (Å²) in [5.41, 5.74) is -0.101. The highest BCUT2D eigenvalue weighted by Crippen LogP contribution is 2.33. The average Bonchev–Trinajstić information content (AvgIpc) is 2.15. The van der Waals surface area contributed by atoms with Crippen LogP contribution < -0.4 is 0 Å². The summed E-state index contributed by atoms with van der Waals surface area (Å²) in [6, 6.07) is 3.85. The lowest BCUT2D eigenvalue weighted by molar-refractivity contribution is -0.136. The standard InChI is InChI=1S/C10H7F3N2/c1-6-5-14-8-4-2-3-7(9(8)15-6)10(11,12)13/h2-5H,1H3. The van der Waals surface area contributed by atoms with E-state index in [2.05, 4.69) is 9.97 Å². The van der Waals surface area contributed by atoms with Gasteiger partial charge < -0.3 is 0 Å². The van der Waals surface area contributed by atoms with Crippen molar-refractivity contribution in [3.63, 3.8) is 0 Å². The van der Waals surface area contributed by atoms with Crippen molar-refractivity contribution in [3.8, 4) is 0 Å². The van der Waals surface area contributed by atoms with E-state index in [0.717, 1.165) is 6.07 Å². The lowest BCUT2D eigenvalue weighted by atomic mass is 10.1. The van der Waals surface area contributed by atoms with Gasteiger partial charge in [-0.1, -0.05) is 6.07 Å². The SMILES string of the molecule is Cc1cnc2cccc(C(F)(F)F)c2n1. The second-order valence-electron chi connectivity index (χ2n) is 3.18. The van der Waals surface area contributed by atoms with Crippen molar-refractivity contribution in [2.75, 3.05) is 0 Å². The van der Waals surface area contributed by atoms with Gasteiger partial charge in [0.1, 0.15) is 5.52 Å². The van der Waals surface area contributed by atoms with Gasteiger partial charge in [0.25, 0.3) is 0 Å². The Balaban J connectivity index is 2.80. The van der Waals surface area contributed by atoms with Crippen molar-refractivity contribution in [1.82, 2.24) is 9.97 Å². The van der Waals surface area contributed by atoms with Gasteiger partial charge >= 0.3 is 6.18 Å². The van der Waals surface area contributed by atoms with Crippen LogP contribution in [-0.4, -0.2) is 9.97 Å². The lowest BCUT2D eigenvalue weighted by Gasteiger charge is -2.08. The van der Waals surface area contributed by atoms with Gasteiger partial charge in [0, 0.05) is 6.20 Å². The molecule has 0 spiro atoms. The molecule has 5 heteroatoms. The second kappa shape index (κ2) is 3.18. The number of hydrogen-bond acceptors (Lipinski definition) is 2. The number of hydrogen-bond donors (Lipinski definition) is 0. The first kappa shape index (κ1) is 9.89. The molecule has 0 unspecified atom stereocenters. The van der Waals surface area contributed by atoms with E-state index in [9.17, 15) is 13.2 Å². The molecule has 1 aromatic carbocycles. The molecule has 1 heterocycles. The third-order valence-electron chi connectivity index (χ3n) is 2.00. The maximum atomic E-state index is 12.6. The van der Waals surface area contributed by atoms with Crippen molar-refractivity contribution in [1.29, 1.82) is 0 Å². The fraction of sp³-hybridized carbons (Fsp3) is 0.200. The quantitative estimate of drug-likeness (QED) is 0.670. The normalized spacial score (nSPS) is 12.0. The number of fused-ring (bicyclic) bond motifs is 1. The molecule has 2 aromatic rings. The van der Waals surface area contributed by atoms with Crippen molar-refractivity contribution < 1.29 is 13.2 Å². The molecule has 0 aliphatic rings. The van der Waals surface area contributed by atoms with Crippen LogP contribution in [0.1, 0.15) is 11.3 Å². The first-order chi connectivity index (χ1) is 6.98. The van der Waals surface area contributed by atoms with Crippen LogP contribution in [0.2, 0.25) is 0 Å². The Bertz CT molecular complexity index is 505. The highest BCUT2D eigenvalue weighted by molar-refractivity contribution is 5.78. The van der Waals surface area contributed by atoms with E-state index in [1.165, 1.54) is 18.3 Å². The number of para-hydroxylation sites is 1. The highest BCUT2D eigenvalue weighted by atomic mass is 19.4. The monoisotopic (exact) mass is 212 g/mol. The van der Waals surface area contributed by atoms with E-state index in [0.29, 0.717) is 5.69 Å². The Morgan fingerprint density at radius 2 is 1.93 bits per heavy atom. The molecule has 2 rings (SSSR count). The van der Waals surface area contributed by atoms with E-state index in [-0.39, 0.29) is 11.0 Å². The Morgan fingerprint density at radius 1 is 1.20 bits per heavy atom. The van der Waals surface area contributed by atoms with Crippen LogP contribution in [0.3, 0.4) is 0 Å². The first-order valence-electron chi connectivity index (χ1n) is 4.28. The van der Waals surface area contributed by atoms with Gasteiger partial charge in [-0.05, 0) is 19.1 Å². The van der Waals surface area contributed by atoms with Crippen LogP contribution in [0.4, 0.5) is 13.2 Å². The van der Waals surface area contributed by atoms with Crippen molar-refractivity contribution in [2.24, 2.45) is 0 Å². The summed E-state index contributed by atoms with van der Waals surface area (Å²) in [4.78, 5) is 7.75. The van der Waals surface area contributed by atoms with Gasteiger partial charge in [0.2, 0.25) is 0 Å². The number of nitrogens with zero attached hydrogens (tertiary/aromatic N) is 2. The molecule has 78 valence electrons. The Kier molecular flexibility index (Phi) is 2.10. The minimum Gasteiger partial charge on any atom is -0.253 e. The largest absolute Gasteiger partial charge is 0.418 e. The molecule has 0 bridgehead atoms. The van der Waals surface area contributed by atoms with E-state index in [1.54, 1.807) is 6.92 Å². The fourth-order valence-electron chi connectivity index (χ4n) is 1.35. The summed E-state index contributed by atoms with van der Waals surface area (Å²) in [5.74, 6) is 0. The maximum Gasteiger partial charge on any atom is 0.418 e. The minimum absolute atomic E-state index is 0.0926. The maximum absolute atomic E-state index is 12.6. The number of rotatable bonds is 0. The third-order valence-corrected chi connectivity index (χ3v) is 2.00. The summed E-state index contributed by atoms with van der Waals surface area (Å²) < 4.78 is 37.7. The zero-order chi connectivity index (χ0) is 11.1. The Labute approximate surface area is 83.8 Å². The fourth-order valence-corrected chi connectivity index (χ4v) is 1.35. The number of aryl methyl sites for hydroxylation is 1. The van der Waals surface area contributed by atoms with E-state index in [1.807, 2.05) is 0 Å². The highest BCUT2D eigenvalue weighted by Gasteiger charge is 2.33. The molecule has 0 saturated heterocycles. The number of halogens is 3. The smallest absolute Gasteiger partial charge is 0.253 e. The minimum atomic E-state index is -4.39. The first-order valence-corrected chi connectivity index (χ1v) is 4.28. The third kappa shape index (κ3) is 1.77. The van der Waals surface area contributed by atoms with E-state index in [4.69, 9.17) is 0 Å². The Morgan fingerprint density at radius 3 is 2.60 bits per heavy atom. The number of aromatic nitrogens is 2. The van der Waals surface area contributed by atoms with Crippen molar-refractivity contribution in [3.05, 3.63) is 35.7 Å². The second-order valence-corrected chi connectivity index (χ2v) is 3.18. The molecule has 0 fully saturated rings. The van der Waals surface area contributed by atoms with E-state index >= 15 is 0 Å². The molecule has 0 saturated carbocycles. The summed E-state index contributed by atoms with van der Waals surface area (Å²) in [6.07, 6.45) is -2.94. The van der Waals surface area contributed by atoms with Gasteiger partial charge in [0.15, 0.2) is 0 Å². The molecule has 0 aliphatic carbocycles. The molecule has 0 aliphatic heterocycles. The van der Waals surface area contributed by atoms with Crippen LogP contribution in [0, 0.1) is 6.92 Å². The van der Waals surface area contributed by atoms with Crippen LogP contribution >= 0.6 is 0 Å². The average molecular weight is 212 g/mol. The van der Waals surface area contributed by atoms with Gasteiger partial charge in [0.05, 0.1) is 16.8 Å². The van der Waals surface area contributed by atoms with Crippen LogP contribution in [0.5, 0.6) is 0 Å². The zero-order valence-electron chi connectivity index (χ0n) is 7.84. The van der Waals surface area contributed by atoms with Crippen LogP contribution in [0.25, 0.3) is 11.0 Å². The van der Waals surface area contributed by atoms with Gasteiger partial charge in [-0.25, -0.2) is 4.98 Å². The van der Waals surface area contributed by atoms with Gasteiger partial charge in [-0.3, -0.25) is 4.98 Å². The molecule has 0 radical (unpaired) electrons. The van der Waals surface area contributed by atoms with E-state index < -0.39 is 11.7 Å². The molecule has 0 amide bonds. The molecule has 15 heavy (non-hydrogen) atoms.